The number of benzene rings is 1. The van der Waals surface area contributed by atoms with Crippen molar-refractivity contribution in [3.63, 3.8) is 0 Å². The average molecular weight is 310 g/mol. The van der Waals surface area contributed by atoms with Gasteiger partial charge in [-0.1, -0.05) is 60.7 Å². The molecular weight excluding hydrogens is 292 g/mol. The highest BCUT2D eigenvalue weighted by molar-refractivity contribution is 6.08. The largest absolute Gasteiger partial charge is 0.457 e. The van der Waals surface area contributed by atoms with Gasteiger partial charge in [-0.3, -0.25) is 9.59 Å². The molecule has 0 radical (unpaired) electrons. The summed E-state index contributed by atoms with van der Waals surface area (Å²) < 4.78 is 10.9. The topological polar surface area (TPSA) is 52.6 Å². The van der Waals surface area contributed by atoms with Crippen molar-refractivity contribution >= 4 is 11.9 Å². The summed E-state index contributed by atoms with van der Waals surface area (Å²) in [5, 5.41) is 0. The van der Waals surface area contributed by atoms with E-state index < -0.39 is 29.6 Å². The maximum Gasteiger partial charge on any atom is 0.332 e. The summed E-state index contributed by atoms with van der Waals surface area (Å²) in [6.07, 6.45) is 7.67. The second-order valence-electron chi connectivity index (χ2n) is 5.68. The Labute approximate surface area is 135 Å². The maximum absolute atomic E-state index is 12.9. The molecule has 118 valence electrons. The first-order valence-corrected chi connectivity index (χ1v) is 7.59. The van der Waals surface area contributed by atoms with E-state index in [0.717, 1.165) is 5.56 Å². The van der Waals surface area contributed by atoms with E-state index in [0.29, 0.717) is 5.57 Å². The van der Waals surface area contributed by atoms with Gasteiger partial charge in [0.15, 0.2) is 0 Å². The van der Waals surface area contributed by atoms with E-state index in [-0.39, 0.29) is 0 Å². The van der Waals surface area contributed by atoms with Crippen molar-refractivity contribution in [2.45, 2.75) is 26.1 Å². The number of esters is 2. The van der Waals surface area contributed by atoms with Crippen molar-refractivity contribution in [1.29, 1.82) is 0 Å². The number of carbonyl (C=O) groups excluding carboxylic acids is 2. The summed E-state index contributed by atoms with van der Waals surface area (Å²) in [4.78, 5) is 25.3. The Balaban J connectivity index is 1.92. The van der Waals surface area contributed by atoms with Gasteiger partial charge in [0.05, 0.1) is 0 Å². The second kappa shape index (κ2) is 5.88. The fourth-order valence-electron chi connectivity index (χ4n) is 2.92. The van der Waals surface area contributed by atoms with Crippen LogP contribution >= 0.6 is 0 Å². The average Bonchev–Trinajstić information content (AvgIpc) is 2.72. The number of cyclic esters (lactones) is 1. The van der Waals surface area contributed by atoms with Gasteiger partial charge in [0.2, 0.25) is 5.41 Å². The molecule has 2 aliphatic rings. The Bertz CT molecular complexity index is 714. The number of hydrogen-bond acceptors (Lipinski definition) is 4. The van der Waals surface area contributed by atoms with E-state index in [9.17, 15) is 9.59 Å². The molecule has 0 spiro atoms. The van der Waals surface area contributed by atoms with E-state index in [1.807, 2.05) is 30.3 Å². The van der Waals surface area contributed by atoms with Gasteiger partial charge < -0.3 is 9.47 Å². The summed E-state index contributed by atoms with van der Waals surface area (Å²) in [6, 6.07) is 9.42. The number of allylic oxidation sites excluding steroid dienone is 4. The molecule has 1 heterocycles. The molecule has 1 aliphatic carbocycles. The Hall–Kier alpha value is -2.62. The minimum Gasteiger partial charge on any atom is -0.457 e. The lowest BCUT2D eigenvalue weighted by Crippen LogP contribution is -2.37. The van der Waals surface area contributed by atoms with Crippen molar-refractivity contribution in [2.75, 3.05) is 0 Å². The van der Waals surface area contributed by atoms with Gasteiger partial charge in [-0.25, -0.2) is 0 Å². The first-order valence-electron chi connectivity index (χ1n) is 7.59. The molecule has 0 aromatic heterocycles. The summed E-state index contributed by atoms with van der Waals surface area (Å²) in [6.45, 7) is 3.54. The van der Waals surface area contributed by atoms with E-state index >= 15 is 0 Å². The van der Waals surface area contributed by atoms with E-state index in [2.05, 4.69) is 0 Å². The van der Waals surface area contributed by atoms with Crippen molar-refractivity contribution < 1.29 is 19.1 Å². The molecule has 4 heteroatoms. The van der Waals surface area contributed by atoms with Crippen LogP contribution < -0.4 is 0 Å². The molecule has 0 unspecified atom stereocenters. The van der Waals surface area contributed by atoms with Gasteiger partial charge in [-0.15, -0.1) is 0 Å². The Morgan fingerprint density at radius 2 is 1.96 bits per heavy atom. The van der Waals surface area contributed by atoms with Crippen LogP contribution in [-0.2, 0) is 19.1 Å². The second-order valence-corrected chi connectivity index (χ2v) is 5.68. The standard InChI is InChI=1S/C19H18O4/c1-13(15-9-5-3-6-10-15)22-17(20)19-12-8-4-7-11-16(19)14(2)23-18(19)21/h3-14H,1-2H3/t13-,14-,19+/m0/s1. The van der Waals surface area contributed by atoms with Crippen LogP contribution in [-0.4, -0.2) is 18.0 Å². The van der Waals surface area contributed by atoms with Gasteiger partial charge >= 0.3 is 11.9 Å². The van der Waals surface area contributed by atoms with Crippen molar-refractivity contribution in [1.82, 2.24) is 0 Å². The molecule has 1 aromatic rings. The predicted molar refractivity (Wildman–Crippen MR) is 85.3 cm³/mol. The van der Waals surface area contributed by atoms with E-state index in [1.54, 1.807) is 44.2 Å². The van der Waals surface area contributed by atoms with Gasteiger partial charge in [-0.2, -0.15) is 0 Å². The number of fused-ring (bicyclic) bond motifs is 1. The molecule has 0 amide bonds. The van der Waals surface area contributed by atoms with Crippen LogP contribution in [0.5, 0.6) is 0 Å². The van der Waals surface area contributed by atoms with Crippen LogP contribution in [0.15, 0.2) is 66.3 Å². The molecule has 4 nitrogen and oxygen atoms in total. The molecule has 3 rings (SSSR count). The van der Waals surface area contributed by atoms with Gasteiger partial charge in [0.1, 0.15) is 12.2 Å². The highest BCUT2D eigenvalue weighted by Gasteiger charge is 2.57. The summed E-state index contributed by atoms with van der Waals surface area (Å²) in [7, 11) is 0. The number of hydrogen-bond donors (Lipinski definition) is 0. The zero-order valence-electron chi connectivity index (χ0n) is 13.1. The Morgan fingerprint density at radius 1 is 1.22 bits per heavy atom. The highest BCUT2D eigenvalue weighted by Crippen LogP contribution is 2.43. The van der Waals surface area contributed by atoms with Gasteiger partial charge in [0, 0.05) is 5.57 Å². The molecular formula is C19H18O4. The zero-order valence-corrected chi connectivity index (χ0v) is 13.1. The van der Waals surface area contributed by atoms with Crippen LogP contribution in [0.2, 0.25) is 0 Å². The highest BCUT2D eigenvalue weighted by atomic mass is 16.6. The van der Waals surface area contributed by atoms with Crippen LogP contribution in [0.25, 0.3) is 0 Å². The minimum absolute atomic E-state index is 0.450. The van der Waals surface area contributed by atoms with Crippen molar-refractivity contribution in [3.05, 3.63) is 71.8 Å². The molecule has 1 aromatic carbocycles. The molecule has 3 atom stereocenters. The normalized spacial score (nSPS) is 26.8. The van der Waals surface area contributed by atoms with Crippen LogP contribution in [0.4, 0.5) is 0 Å². The third-order valence-corrected chi connectivity index (χ3v) is 4.22. The minimum atomic E-state index is -1.48. The van der Waals surface area contributed by atoms with E-state index in [1.165, 1.54) is 0 Å². The lowest BCUT2D eigenvalue weighted by Gasteiger charge is -2.23. The number of carbonyl (C=O) groups is 2. The number of ether oxygens (including phenoxy) is 2. The van der Waals surface area contributed by atoms with Crippen molar-refractivity contribution in [2.24, 2.45) is 5.41 Å². The first-order chi connectivity index (χ1) is 11.1. The van der Waals surface area contributed by atoms with Crippen LogP contribution in [0.3, 0.4) is 0 Å². The van der Waals surface area contributed by atoms with Gasteiger partial charge in [0.25, 0.3) is 0 Å². The monoisotopic (exact) mass is 310 g/mol. The number of rotatable bonds is 3. The molecule has 1 saturated heterocycles. The lowest BCUT2D eigenvalue weighted by molar-refractivity contribution is -0.164. The Kier molecular flexibility index (Phi) is 3.90. The molecule has 0 saturated carbocycles. The summed E-state index contributed by atoms with van der Waals surface area (Å²) in [5.41, 5.74) is 0.00191. The fourth-order valence-corrected chi connectivity index (χ4v) is 2.92. The predicted octanol–water partition coefficient (Wildman–Crippen LogP) is 3.27. The smallest absolute Gasteiger partial charge is 0.332 e. The third-order valence-electron chi connectivity index (χ3n) is 4.22. The summed E-state index contributed by atoms with van der Waals surface area (Å²) in [5.74, 6) is -1.18. The third kappa shape index (κ3) is 2.50. The zero-order chi connectivity index (χ0) is 16.4. The first kappa shape index (κ1) is 15.3. The fraction of sp³-hybridized carbons (Fsp3) is 0.263. The molecule has 0 bridgehead atoms. The molecule has 1 aliphatic heterocycles. The molecule has 0 N–H and O–H groups in total. The molecule has 1 fully saturated rings. The van der Waals surface area contributed by atoms with Crippen LogP contribution in [0.1, 0.15) is 25.5 Å². The maximum atomic E-state index is 12.9. The molecule has 23 heavy (non-hydrogen) atoms. The van der Waals surface area contributed by atoms with Gasteiger partial charge in [-0.05, 0) is 19.4 Å². The van der Waals surface area contributed by atoms with Crippen molar-refractivity contribution in [3.8, 4) is 0 Å². The quantitative estimate of drug-likeness (QED) is 0.635. The lowest BCUT2D eigenvalue weighted by atomic mass is 9.79. The SMILES string of the molecule is C[C@@H]1OC(=O)[C@]2(C(=O)O[C@@H](C)c3ccccc3)C=CC=CC=C12. The van der Waals surface area contributed by atoms with Crippen LogP contribution in [0, 0.1) is 5.41 Å². The summed E-state index contributed by atoms with van der Waals surface area (Å²) >= 11 is 0. The van der Waals surface area contributed by atoms with E-state index in [4.69, 9.17) is 9.47 Å². The Morgan fingerprint density at radius 3 is 2.70 bits per heavy atom.